The van der Waals surface area contributed by atoms with Crippen LogP contribution in [0.5, 0.6) is 0 Å². The lowest BCUT2D eigenvalue weighted by Gasteiger charge is -2.13. The number of aromatic nitrogens is 1. The number of aliphatic hydroxyl groups excluding tert-OH is 1. The molecule has 0 spiro atoms. The summed E-state index contributed by atoms with van der Waals surface area (Å²) in [6, 6.07) is 11.3. The van der Waals surface area contributed by atoms with Crippen LogP contribution in [0, 0.1) is 0 Å². The van der Waals surface area contributed by atoms with E-state index in [0.717, 1.165) is 18.4 Å². The van der Waals surface area contributed by atoms with E-state index in [0.29, 0.717) is 16.8 Å². The number of rotatable bonds is 5. The number of hydrogen-bond donors (Lipinski definition) is 2. The molecule has 0 saturated heterocycles. The molecule has 110 valence electrons. The lowest BCUT2D eigenvalue weighted by atomic mass is 10.1. The molecule has 1 aliphatic carbocycles. The molecule has 2 N–H and O–H groups in total. The first-order valence-corrected chi connectivity index (χ1v) is 7.41. The quantitative estimate of drug-likeness (QED) is 0.892. The summed E-state index contributed by atoms with van der Waals surface area (Å²) in [6.07, 6.45) is 3.24. The average molecular weight is 305 g/mol. The Balaban J connectivity index is 1.64. The van der Waals surface area contributed by atoms with Crippen molar-refractivity contribution in [3.8, 4) is 0 Å². The zero-order valence-corrected chi connectivity index (χ0v) is 12.3. The number of hydrogen-bond acceptors (Lipinski definition) is 2. The van der Waals surface area contributed by atoms with Gasteiger partial charge in [-0.3, -0.25) is 4.79 Å². The first-order valence-electron chi connectivity index (χ1n) is 7.03. The smallest absolute Gasteiger partial charge is 0.268 e. The summed E-state index contributed by atoms with van der Waals surface area (Å²) in [4.78, 5) is 12.2. The monoisotopic (exact) mass is 304 g/mol. The van der Waals surface area contributed by atoms with Gasteiger partial charge in [-0.15, -0.1) is 0 Å². The second-order valence-corrected chi connectivity index (χ2v) is 5.75. The van der Waals surface area contributed by atoms with E-state index in [-0.39, 0.29) is 12.5 Å². The third-order valence-electron chi connectivity index (χ3n) is 3.63. The van der Waals surface area contributed by atoms with Crippen molar-refractivity contribution >= 4 is 17.5 Å². The maximum absolute atomic E-state index is 12.2. The zero-order chi connectivity index (χ0) is 14.8. The molecule has 1 aliphatic rings. The largest absolute Gasteiger partial charge is 0.387 e. The fourth-order valence-electron chi connectivity index (χ4n) is 2.36. The minimum Gasteiger partial charge on any atom is -0.387 e. The molecule has 0 bridgehead atoms. The predicted octanol–water partition coefficient (Wildman–Crippen LogP) is 2.94. The highest BCUT2D eigenvalue weighted by Crippen LogP contribution is 2.37. The van der Waals surface area contributed by atoms with Crippen molar-refractivity contribution in [2.75, 3.05) is 6.54 Å². The van der Waals surface area contributed by atoms with Crippen molar-refractivity contribution in [2.24, 2.45) is 0 Å². The van der Waals surface area contributed by atoms with E-state index in [2.05, 4.69) is 5.32 Å². The van der Waals surface area contributed by atoms with Crippen LogP contribution in [0.15, 0.2) is 42.6 Å². The molecule has 1 saturated carbocycles. The van der Waals surface area contributed by atoms with Gasteiger partial charge in [-0.05, 0) is 24.5 Å². The lowest BCUT2D eigenvalue weighted by Crippen LogP contribution is -2.29. The van der Waals surface area contributed by atoms with Crippen LogP contribution >= 0.6 is 11.6 Å². The van der Waals surface area contributed by atoms with Crippen molar-refractivity contribution < 1.29 is 9.90 Å². The standard InChI is InChI=1S/C16H17ClN2O2/c17-12-8-14(19(10-12)13-6-7-13)16(21)18-9-15(20)11-4-2-1-3-5-11/h1-5,8,10,13,15,20H,6-7,9H2,(H,18,21). The van der Waals surface area contributed by atoms with Crippen LogP contribution in [0.3, 0.4) is 0 Å². The number of carbonyl (C=O) groups is 1. The summed E-state index contributed by atoms with van der Waals surface area (Å²) in [7, 11) is 0. The maximum atomic E-state index is 12.2. The van der Waals surface area contributed by atoms with Crippen molar-refractivity contribution in [1.82, 2.24) is 9.88 Å². The van der Waals surface area contributed by atoms with Crippen LogP contribution in [-0.2, 0) is 0 Å². The number of halogens is 1. The molecule has 2 aromatic rings. The molecular weight excluding hydrogens is 288 g/mol. The first kappa shape index (κ1) is 14.2. The van der Waals surface area contributed by atoms with E-state index in [1.165, 1.54) is 0 Å². The van der Waals surface area contributed by atoms with Gasteiger partial charge in [-0.25, -0.2) is 0 Å². The van der Waals surface area contributed by atoms with E-state index >= 15 is 0 Å². The van der Waals surface area contributed by atoms with Gasteiger partial charge in [-0.2, -0.15) is 0 Å². The summed E-state index contributed by atoms with van der Waals surface area (Å²) in [5.74, 6) is -0.205. The van der Waals surface area contributed by atoms with Crippen LogP contribution in [-0.4, -0.2) is 22.1 Å². The molecule has 1 atom stereocenters. The number of nitrogens with one attached hydrogen (secondary N) is 1. The minimum absolute atomic E-state index is 0.177. The highest BCUT2D eigenvalue weighted by atomic mass is 35.5. The Kier molecular flexibility index (Phi) is 3.99. The topological polar surface area (TPSA) is 54.3 Å². The van der Waals surface area contributed by atoms with Crippen molar-refractivity contribution in [1.29, 1.82) is 0 Å². The summed E-state index contributed by atoms with van der Waals surface area (Å²) < 4.78 is 1.92. The van der Waals surface area contributed by atoms with Crippen molar-refractivity contribution in [2.45, 2.75) is 25.0 Å². The first-order chi connectivity index (χ1) is 10.1. The van der Waals surface area contributed by atoms with E-state index in [1.807, 2.05) is 34.9 Å². The highest BCUT2D eigenvalue weighted by molar-refractivity contribution is 6.31. The fourth-order valence-corrected chi connectivity index (χ4v) is 2.56. The van der Waals surface area contributed by atoms with E-state index < -0.39 is 6.10 Å². The molecule has 1 fully saturated rings. The van der Waals surface area contributed by atoms with Crippen molar-refractivity contribution in [3.05, 3.63) is 58.9 Å². The van der Waals surface area contributed by atoms with Gasteiger partial charge in [0.1, 0.15) is 5.69 Å². The zero-order valence-electron chi connectivity index (χ0n) is 11.5. The molecule has 0 radical (unpaired) electrons. The molecule has 1 aromatic heterocycles. The molecule has 3 rings (SSSR count). The molecular formula is C16H17ClN2O2. The van der Waals surface area contributed by atoms with E-state index in [4.69, 9.17) is 11.6 Å². The summed E-state index contributed by atoms with van der Waals surface area (Å²) >= 11 is 5.99. The van der Waals surface area contributed by atoms with Crippen molar-refractivity contribution in [3.63, 3.8) is 0 Å². The van der Waals surface area contributed by atoms with Gasteiger partial charge in [0.2, 0.25) is 0 Å². The van der Waals surface area contributed by atoms with Gasteiger partial charge in [0.25, 0.3) is 5.91 Å². The summed E-state index contributed by atoms with van der Waals surface area (Å²) in [6.45, 7) is 0.177. The van der Waals surface area contributed by atoms with Gasteiger partial charge in [-0.1, -0.05) is 41.9 Å². The molecule has 1 amide bonds. The Labute approximate surface area is 128 Å². The average Bonchev–Trinajstić information content (AvgIpc) is 3.27. The van der Waals surface area contributed by atoms with E-state index in [1.54, 1.807) is 12.3 Å². The van der Waals surface area contributed by atoms with Crippen LogP contribution in [0.2, 0.25) is 5.02 Å². The van der Waals surface area contributed by atoms with Gasteiger partial charge < -0.3 is 15.0 Å². The summed E-state index contributed by atoms with van der Waals surface area (Å²) in [5, 5.41) is 13.4. The molecule has 1 unspecified atom stereocenters. The van der Waals surface area contributed by atoms with E-state index in [9.17, 15) is 9.90 Å². The number of benzene rings is 1. The summed E-state index contributed by atoms with van der Waals surface area (Å²) in [5.41, 5.74) is 1.34. The number of aliphatic hydroxyl groups is 1. The predicted molar refractivity (Wildman–Crippen MR) is 81.4 cm³/mol. The molecule has 5 heteroatoms. The second-order valence-electron chi connectivity index (χ2n) is 5.32. The van der Waals surface area contributed by atoms with Gasteiger partial charge in [0.05, 0.1) is 11.1 Å². The van der Waals surface area contributed by atoms with Crippen LogP contribution < -0.4 is 5.32 Å². The SMILES string of the molecule is O=C(NCC(O)c1ccccc1)c1cc(Cl)cn1C1CC1. The second kappa shape index (κ2) is 5.92. The van der Waals surface area contributed by atoms with Gasteiger partial charge in [0, 0.05) is 18.8 Å². The Morgan fingerprint density at radius 2 is 2.10 bits per heavy atom. The Morgan fingerprint density at radius 1 is 1.38 bits per heavy atom. The van der Waals surface area contributed by atoms with Crippen LogP contribution in [0.1, 0.15) is 41.0 Å². The Morgan fingerprint density at radius 3 is 2.76 bits per heavy atom. The Hall–Kier alpha value is -1.78. The highest BCUT2D eigenvalue weighted by Gasteiger charge is 2.27. The van der Waals surface area contributed by atoms with Gasteiger partial charge in [0.15, 0.2) is 0 Å². The van der Waals surface area contributed by atoms with Gasteiger partial charge >= 0.3 is 0 Å². The van der Waals surface area contributed by atoms with Crippen LogP contribution in [0.25, 0.3) is 0 Å². The van der Waals surface area contributed by atoms with Crippen LogP contribution in [0.4, 0.5) is 0 Å². The molecule has 1 heterocycles. The lowest BCUT2D eigenvalue weighted by molar-refractivity contribution is 0.0907. The molecule has 4 nitrogen and oxygen atoms in total. The fraction of sp³-hybridized carbons (Fsp3) is 0.312. The molecule has 0 aliphatic heterocycles. The third kappa shape index (κ3) is 3.28. The molecule has 1 aromatic carbocycles. The Bertz CT molecular complexity index is 635. The normalized spacial score (nSPS) is 15.7. The number of carbonyl (C=O) groups excluding carboxylic acids is 1. The maximum Gasteiger partial charge on any atom is 0.268 e. The molecule has 21 heavy (non-hydrogen) atoms. The third-order valence-corrected chi connectivity index (χ3v) is 3.84. The minimum atomic E-state index is -0.713. The number of nitrogens with zero attached hydrogens (tertiary/aromatic N) is 1. The number of amides is 1.